The molecule has 0 saturated carbocycles. The summed E-state index contributed by atoms with van der Waals surface area (Å²) in [6, 6.07) is 64.5. The van der Waals surface area contributed by atoms with Crippen molar-refractivity contribution in [1.82, 2.24) is 0 Å². The SMILES string of the molecule is c1cc(-c2cccc3sc4ccccc4c23)cc(N(c2ccc(-c3cccc4ccccc34)cc2)c2ccc3sc4ccccc4c3c2)c1. The molecule has 3 heteroatoms. The van der Waals surface area contributed by atoms with Gasteiger partial charge in [0.15, 0.2) is 0 Å². The molecule has 230 valence electrons. The summed E-state index contributed by atoms with van der Waals surface area (Å²) in [4.78, 5) is 2.41. The van der Waals surface area contributed by atoms with Crippen LogP contribution in [0.5, 0.6) is 0 Å². The fourth-order valence-electron chi connectivity index (χ4n) is 7.40. The molecule has 49 heavy (non-hydrogen) atoms. The van der Waals surface area contributed by atoms with Gasteiger partial charge in [-0.05, 0) is 93.7 Å². The first-order valence-corrected chi connectivity index (χ1v) is 18.2. The Kier molecular flexibility index (Phi) is 6.61. The minimum absolute atomic E-state index is 1.12. The van der Waals surface area contributed by atoms with Crippen LogP contribution in [0.15, 0.2) is 176 Å². The molecule has 10 rings (SSSR count). The molecule has 2 aromatic heterocycles. The van der Waals surface area contributed by atoms with Crippen molar-refractivity contribution in [2.24, 2.45) is 0 Å². The molecule has 0 N–H and O–H groups in total. The maximum atomic E-state index is 2.41. The molecule has 0 aliphatic carbocycles. The van der Waals surface area contributed by atoms with Crippen LogP contribution in [0.25, 0.3) is 73.4 Å². The molecule has 0 fully saturated rings. The zero-order valence-electron chi connectivity index (χ0n) is 26.5. The Labute approximate surface area is 292 Å². The quantitative estimate of drug-likeness (QED) is 0.178. The number of benzene rings is 8. The lowest BCUT2D eigenvalue weighted by atomic mass is 9.97. The molecule has 2 heterocycles. The number of nitrogens with zero attached hydrogens (tertiary/aromatic N) is 1. The van der Waals surface area contributed by atoms with E-state index in [0.29, 0.717) is 0 Å². The van der Waals surface area contributed by atoms with Crippen molar-refractivity contribution in [2.75, 3.05) is 4.90 Å². The molecule has 8 aromatic carbocycles. The molecule has 0 bridgehead atoms. The first-order chi connectivity index (χ1) is 24.3. The van der Waals surface area contributed by atoms with E-state index in [0.717, 1.165) is 17.1 Å². The van der Waals surface area contributed by atoms with Gasteiger partial charge in [0.2, 0.25) is 0 Å². The molecular weight excluding hydrogens is 631 g/mol. The van der Waals surface area contributed by atoms with Gasteiger partial charge >= 0.3 is 0 Å². The minimum atomic E-state index is 1.12. The van der Waals surface area contributed by atoms with Crippen LogP contribution in [0.2, 0.25) is 0 Å². The minimum Gasteiger partial charge on any atom is -0.310 e. The highest BCUT2D eigenvalue weighted by Crippen LogP contribution is 2.44. The van der Waals surface area contributed by atoms with Crippen LogP contribution in [-0.2, 0) is 0 Å². The maximum Gasteiger partial charge on any atom is 0.0468 e. The third kappa shape index (κ3) is 4.74. The van der Waals surface area contributed by atoms with Crippen LogP contribution in [0.4, 0.5) is 17.1 Å². The highest BCUT2D eigenvalue weighted by atomic mass is 32.1. The Bertz CT molecular complexity index is 2830. The van der Waals surface area contributed by atoms with E-state index in [-0.39, 0.29) is 0 Å². The average Bonchev–Trinajstić information content (AvgIpc) is 3.73. The molecule has 0 radical (unpaired) electrons. The lowest BCUT2D eigenvalue weighted by Gasteiger charge is -2.26. The summed E-state index contributed by atoms with van der Waals surface area (Å²) in [7, 11) is 0. The van der Waals surface area contributed by atoms with Crippen LogP contribution in [0, 0.1) is 0 Å². The second-order valence-electron chi connectivity index (χ2n) is 12.5. The van der Waals surface area contributed by atoms with Gasteiger partial charge < -0.3 is 4.90 Å². The van der Waals surface area contributed by atoms with Gasteiger partial charge in [0.05, 0.1) is 0 Å². The predicted octanol–water partition coefficient (Wildman–Crippen LogP) is 14.4. The number of hydrogen-bond acceptors (Lipinski definition) is 3. The smallest absolute Gasteiger partial charge is 0.0468 e. The lowest BCUT2D eigenvalue weighted by Crippen LogP contribution is -2.10. The molecule has 0 atom stereocenters. The zero-order chi connectivity index (χ0) is 32.3. The molecule has 1 nitrogen and oxygen atoms in total. The fraction of sp³-hybridized carbons (Fsp3) is 0. The Morgan fingerprint density at radius 2 is 0.918 bits per heavy atom. The van der Waals surface area contributed by atoms with Crippen LogP contribution in [-0.4, -0.2) is 0 Å². The predicted molar refractivity (Wildman–Crippen MR) is 215 cm³/mol. The first-order valence-electron chi connectivity index (χ1n) is 16.6. The summed E-state index contributed by atoms with van der Waals surface area (Å²) in [5, 5.41) is 7.78. The van der Waals surface area contributed by atoms with Crippen molar-refractivity contribution >= 4 is 90.9 Å². The van der Waals surface area contributed by atoms with Crippen LogP contribution < -0.4 is 4.90 Å². The van der Waals surface area contributed by atoms with Gasteiger partial charge in [-0.15, -0.1) is 22.7 Å². The summed E-state index contributed by atoms with van der Waals surface area (Å²) in [5.74, 6) is 0. The summed E-state index contributed by atoms with van der Waals surface area (Å²) < 4.78 is 5.27. The third-order valence-electron chi connectivity index (χ3n) is 9.66. The molecule has 10 aromatic rings. The van der Waals surface area contributed by atoms with Gasteiger partial charge in [-0.25, -0.2) is 0 Å². The van der Waals surface area contributed by atoms with E-state index >= 15 is 0 Å². The van der Waals surface area contributed by atoms with Crippen LogP contribution in [0.1, 0.15) is 0 Å². The van der Waals surface area contributed by atoms with Gasteiger partial charge in [0.25, 0.3) is 0 Å². The highest BCUT2D eigenvalue weighted by Gasteiger charge is 2.18. The van der Waals surface area contributed by atoms with E-state index in [1.807, 2.05) is 22.7 Å². The number of fused-ring (bicyclic) bond motifs is 7. The van der Waals surface area contributed by atoms with Crippen molar-refractivity contribution in [3.63, 3.8) is 0 Å². The Morgan fingerprint density at radius 1 is 0.327 bits per heavy atom. The molecular formula is C46H29NS2. The van der Waals surface area contributed by atoms with Crippen molar-refractivity contribution in [2.45, 2.75) is 0 Å². The number of anilines is 3. The van der Waals surface area contributed by atoms with Crippen molar-refractivity contribution < 1.29 is 0 Å². The molecule has 0 spiro atoms. The van der Waals surface area contributed by atoms with Crippen molar-refractivity contribution in [1.29, 1.82) is 0 Å². The second kappa shape index (κ2) is 11.5. The standard InChI is InChI=1S/C46H29NS2/c1-2-14-36-30(10-1)11-8-17-37(36)31-22-24-33(25-23-31)47(35-26-27-44-41(29-35)39-15-3-5-19-42(39)48-44)34-13-7-12-32(28-34)38-18-9-21-45-46(38)40-16-4-6-20-43(40)49-45/h1-29H. The molecule has 0 aliphatic heterocycles. The molecule has 0 saturated heterocycles. The monoisotopic (exact) mass is 659 g/mol. The molecule has 0 amide bonds. The van der Waals surface area contributed by atoms with Gasteiger partial charge in [-0.3, -0.25) is 0 Å². The van der Waals surface area contributed by atoms with E-state index in [1.54, 1.807) is 0 Å². The normalized spacial score (nSPS) is 11.7. The van der Waals surface area contributed by atoms with Crippen LogP contribution in [0.3, 0.4) is 0 Å². The maximum absolute atomic E-state index is 2.41. The van der Waals surface area contributed by atoms with Gasteiger partial charge in [-0.1, -0.05) is 115 Å². The zero-order valence-corrected chi connectivity index (χ0v) is 28.1. The summed E-state index contributed by atoms with van der Waals surface area (Å²) in [6.45, 7) is 0. The Morgan fingerprint density at radius 3 is 1.80 bits per heavy atom. The fourth-order valence-corrected chi connectivity index (χ4v) is 9.61. The molecule has 0 unspecified atom stereocenters. The number of hydrogen-bond donors (Lipinski definition) is 0. The number of rotatable bonds is 5. The van der Waals surface area contributed by atoms with E-state index < -0.39 is 0 Å². The van der Waals surface area contributed by atoms with E-state index in [2.05, 4.69) is 181 Å². The van der Waals surface area contributed by atoms with E-state index in [4.69, 9.17) is 0 Å². The Hall–Kier alpha value is -5.74. The van der Waals surface area contributed by atoms with Gasteiger partial charge in [-0.2, -0.15) is 0 Å². The summed E-state index contributed by atoms with van der Waals surface area (Å²) >= 11 is 3.73. The highest BCUT2D eigenvalue weighted by molar-refractivity contribution is 7.26. The summed E-state index contributed by atoms with van der Waals surface area (Å²) in [6.07, 6.45) is 0. The summed E-state index contributed by atoms with van der Waals surface area (Å²) in [5.41, 5.74) is 8.34. The second-order valence-corrected chi connectivity index (χ2v) is 14.7. The van der Waals surface area contributed by atoms with E-state index in [1.165, 1.54) is 73.4 Å². The topological polar surface area (TPSA) is 3.24 Å². The average molecular weight is 660 g/mol. The third-order valence-corrected chi connectivity index (χ3v) is 12.0. The largest absolute Gasteiger partial charge is 0.310 e. The Balaban J connectivity index is 1.15. The first kappa shape index (κ1) is 28.3. The van der Waals surface area contributed by atoms with Crippen LogP contribution >= 0.6 is 22.7 Å². The van der Waals surface area contributed by atoms with E-state index in [9.17, 15) is 0 Å². The lowest BCUT2D eigenvalue weighted by molar-refractivity contribution is 1.29. The van der Waals surface area contributed by atoms with Gasteiger partial charge in [0.1, 0.15) is 0 Å². The molecule has 0 aliphatic rings. The van der Waals surface area contributed by atoms with Crippen molar-refractivity contribution in [3.8, 4) is 22.3 Å². The van der Waals surface area contributed by atoms with Gasteiger partial charge in [0, 0.05) is 57.4 Å². The number of thiophene rings is 2. The van der Waals surface area contributed by atoms with Crippen molar-refractivity contribution in [3.05, 3.63) is 176 Å².